The lowest BCUT2D eigenvalue weighted by Crippen LogP contribution is -2.24. The van der Waals surface area contributed by atoms with Crippen LogP contribution < -0.4 is 10.6 Å². The molecule has 0 saturated heterocycles. The average Bonchev–Trinajstić information content (AvgIpc) is 2.37. The topological polar surface area (TPSA) is 49.8 Å². The molecule has 1 aromatic heterocycles. The van der Waals surface area contributed by atoms with Crippen LogP contribution >= 0.6 is 0 Å². The van der Waals surface area contributed by atoms with Crippen molar-refractivity contribution in [1.82, 2.24) is 9.97 Å². The summed E-state index contributed by atoms with van der Waals surface area (Å²) in [6, 6.07) is 2.56. The molecule has 0 aromatic carbocycles. The number of aromatic nitrogens is 2. The first kappa shape index (κ1) is 14.1. The second-order valence-electron chi connectivity index (χ2n) is 5.97. The lowest BCUT2D eigenvalue weighted by atomic mass is 9.96. The smallest absolute Gasteiger partial charge is 0.225 e. The van der Waals surface area contributed by atoms with Crippen LogP contribution in [0.1, 0.15) is 51.6 Å². The van der Waals surface area contributed by atoms with Gasteiger partial charge in [0.25, 0.3) is 0 Å². The van der Waals surface area contributed by atoms with Gasteiger partial charge in [0.15, 0.2) is 0 Å². The normalized spacial score (nSPS) is 16.6. The van der Waals surface area contributed by atoms with Gasteiger partial charge in [-0.2, -0.15) is 4.98 Å². The van der Waals surface area contributed by atoms with Crippen LogP contribution in [0, 0.1) is 12.8 Å². The minimum absolute atomic E-state index is 0.550. The molecule has 1 aliphatic rings. The first-order valence-electron chi connectivity index (χ1n) is 7.49. The Kier molecular flexibility index (Phi) is 5.00. The van der Waals surface area contributed by atoms with Crippen molar-refractivity contribution in [3.05, 3.63) is 11.8 Å². The second kappa shape index (κ2) is 6.73. The Hall–Kier alpha value is -1.32. The maximum absolute atomic E-state index is 4.57. The largest absolute Gasteiger partial charge is 0.370 e. The predicted molar refractivity (Wildman–Crippen MR) is 80.6 cm³/mol. The van der Waals surface area contributed by atoms with Crippen molar-refractivity contribution < 1.29 is 0 Å². The van der Waals surface area contributed by atoms with Gasteiger partial charge in [-0.15, -0.1) is 0 Å². The van der Waals surface area contributed by atoms with E-state index in [-0.39, 0.29) is 0 Å². The van der Waals surface area contributed by atoms with Crippen molar-refractivity contribution in [3.8, 4) is 0 Å². The molecule has 1 saturated carbocycles. The molecule has 1 aromatic rings. The average molecular weight is 262 g/mol. The quantitative estimate of drug-likeness (QED) is 0.851. The Morgan fingerprint density at radius 1 is 1.21 bits per heavy atom. The highest BCUT2D eigenvalue weighted by molar-refractivity contribution is 5.42. The monoisotopic (exact) mass is 262 g/mol. The molecule has 106 valence electrons. The van der Waals surface area contributed by atoms with E-state index in [2.05, 4.69) is 34.4 Å². The molecule has 4 heteroatoms. The van der Waals surface area contributed by atoms with E-state index in [9.17, 15) is 0 Å². The molecule has 1 aliphatic carbocycles. The summed E-state index contributed by atoms with van der Waals surface area (Å²) in [5.41, 5.74) is 1.01. The zero-order chi connectivity index (χ0) is 13.7. The number of hydrogen-bond acceptors (Lipinski definition) is 4. The molecule has 1 fully saturated rings. The molecule has 2 rings (SSSR count). The predicted octanol–water partition coefficient (Wildman–Crippen LogP) is 3.60. The van der Waals surface area contributed by atoms with Crippen molar-refractivity contribution in [2.24, 2.45) is 5.92 Å². The molecular weight excluding hydrogens is 236 g/mol. The fourth-order valence-electron chi connectivity index (χ4n) is 2.46. The van der Waals surface area contributed by atoms with Crippen molar-refractivity contribution in [2.45, 2.75) is 58.9 Å². The summed E-state index contributed by atoms with van der Waals surface area (Å²) < 4.78 is 0. The Morgan fingerprint density at radius 2 is 1.95 bits per heavy atom. The maximum Gasteiger partial charge on any atom is 0.225 e. The molecule has 2 N–H and O–H groups in total. The SMILES string of the molecule is Cc1cc(NCC(C)C)nc(NC2CCCCC2)n1. The number of hydrogen-bond donors (Lipinski definition) is 2. The van der Waals surface area contributed by atoms with Gasteiger partial charge in [-0.05, 0) is 25.7 Å². The third-order valence-electron chi connectivity index (χ3n) is 3.48. The van der Waals surface area contributed by atoms with Crippen LogP contribution in [0.2, 0.25) is 0 Å². The molecule has 0 amide bonds. The van der Waals surface area contributed by atoms with Gasteiger partial charge in [-0.3, -0.25) is 0 Å². The van der Waals surface area contributed by atoms with Gasteiger partial charge < -0.3 is 10.6 Å². The van der Waals surface area contributed by atoms with Gasteiger partial charge in [-0.1, -0.05) is 33.1 Å². The standard InChI is InChI=1S/C15H26N4/c1-11(2)10-16-14-9-12(3)17-15(19-14)18-13-7-5-4-6-8-13/h9,11,13H,4-8,10H2,1-3H3,(H2,16,17,18,19). The zero-order valence-electron chi connectivity index (χ0n) is 12.4. The van der Waals surface area contributed by atoms with Crippen molar-refractivity contribution in [2.75, 3.05) is 17.2 Å². The molecule has 0 bridgehead atoms. The molecule has 1 heterocycles. The molecule has 0 spiro atoms. The number of rotatable bonds is 5. The molecule has 0 aliphatic heterocycles. The van der Waals surface area contributed by atoms with Crippen LogP contribution in [-0.2, 0) is 0 Å². The highest BCUT2D eigenvalue weighted by Gasteiger charge is 2.14. The number of nitrogens with one attached hydrogen (secondary N) is 2. The summed E-state index contributed by atoms with van der Waals surface area (Å²) in [6.07, 6.45) is 6.50. The molecule has 0 unspecified atom stereocenters. The summed E-state index contributed by atoms with van der Waals surface area (Å²) in [6.45, 7) is 7.36. The first-order valence-corrected chi connectivity index (χ1v) is 7.49. The first-order chi connectivity index (χ1) is 9.13. The fraction of sp³-hybridized carbons (Fsp3) is 0.733. The van der Waals surface area contributed by atoms with Gasteiger partial charge in [-0.25, -0.2) is 4.98 Å². The van der Waals surface area contributed by atoms with Crippen LogP contribution in [0.15, 0.2) is 6.07 Å². The molecule has 4 nitrogen and oxygen atoms in total. The zero-order valence-corrected chi connectivity index (χ0v) is 12.4. The van der Waals surface area contributed by atoms with Gasteiger partial charge >= 0.3 is 0 Å². The Morgan fingerprint density at radius 3 is 2.63 bits per heavy atom. The lowest BCUT2D eigenvalue weighted by molar-refractivity contribution is 0.461. The summed E-state index contributed by atoms with van der Waals surface area (Å²) in [4.78, 5) is 9.06. The number of anilines is 2. The number of aryl methyl sites for hydroxylation is 1. The van der Waals surface area contributed by atoms with E-state index in [1.54, 1.807) is 0 Å². The van der Waals surface area contributed by atoms with Gasteiger partial charge in [0.05, 0.1) is 0 Å². The third-order valence-corrected chi connectivity index (χ3v) is 3.48. The minimum atomic E-state index is 0.550. The number of nitrogens with zero attached hydrogens (tertiary/aromatic N) is 2. The van der Waals surface area contributed by atoms with Crippen molar-refractivity contribution in [1.29, 1.82) is 0 Å². The Balaban J connectivity index is 1.99. The van der Waals surface area contributed by atoms with E-state index in [1.807, 2.05) is 13.0 Å². The molecule has 0 radical (unpaired) electrons. The lowest BCUT2D eigenvalue weighted by Gasteiger charge is -2.23. The fourth-order valence-corrected chi connectivity index (χ4v) is 2.46. The van der Waals surface area contributed by atoms with Gasteiger partial charge in [0, 0.05) is 24.3 Å². The maximum atomic E-state index is 4.57. The summed E-state index contributed by atoms with van der Waals surface area (Å²) >= 11 is 0. The van der Waals surface area contributed by atoms with Gasteiger partial charge in [0.1, 0.15) is 5.82 Å². The second-order valence-corrected chi connectivity index (χ2v) is 5.97. The minimum Gasteiger partial charge on any atom is -0.370 e. The summed E-state index contributed by atoms with van der Waals surface area (Å²) in [5, 5.41) is 6.86. The van der Waals surface area contributed by atoms with E-state index in [0.29, 0.717) is 12.0 Å². The van der Waals surface area contributed by atoms with E-state index in [0.717, 1.165) is 24.0 Å². The van der Waals surface area contributed by atoms with E-state index >= 15 is 0 Å². The van der Waals surface area contributed by atoms with E-state index in [1.165, 1.54) is 32.1 Å². The van der Waals surface area contributed by atoms with Gasteiger partial charge in [0.2, 0.25) is 5.95 Å². The van der Waals surface area contributed by atoms with Crippen LogP contribution in [0.4, 0.5) is 11.8 Å². The third kappa shape index (κ3) is 4.69. The molecule has 19 heavy (non-hydrogen) atoms. The van der Waals surface area contributed by atoms with Crippen LogP contribution in [0.3, 0.4) is 0 Å². The van der Waals surface area contributed by atoms with Crippen LogP contribution in [0.5, 0.6) is 0 Å². The van der Waals surface area contributed by atoms with Crippen LogP contribution in [-0.4, -0.2) is 22.6 Å². The van der Waals surface area contributed by atoms with E-state index in [4.69, 9.17) is 0 Å². The summed E-state index contributed by atoms with van der Waals surface area (Å²) in [7, 11) is 0. The Labute approximate surface area is 116 Å². The summed E-state index contributed by atoms with van der Waals surface area (Å²) in [5.74, 6) is 2.32. The van der Waals surface area contributed by atoms with Crippen molar-refractivity contribution >= 4 is 11.8 Å². The van der Waals surface area contributed by atoms with Crippen LogP contribution in [0.25, 0.3) is 0 Å². The molecular formula is C15H26N4. The highest BCUT2D eigenvalue weighted by atomic mass is 15.2. The molecule has 0 atom stereocenters. The van der Waals surface area contributed by atoms with E-state index < -0.39 is 0 Å². The van der Waals surface area contributed by atoms with Crippen molar-refractivity contribution in [3.63, 3.8) is 0 Å². The highest BCUT2D eigenvalue weighted by Crippen LogP contribution is 2.21. The Bertz CT molecular complexity index is 397.